The summed E-state index contributed by atoms with van der Waals surface area (Å²) in [4.78, 5) is 4.08. The van der Waals surface area contributed by atoms with Crippen molar-refractivity contribution < 1.29 is 4.74 Å². The lowest BCUT2D eigenvalue weighted by Crippen LogP contribution is -2.02. The quantitative estimate of drug-likeness (QED) is 0.870. The lowest BCUT2D eigenvalue weighted by Gasteiger charge is -2.06. The van der Waals surface area contributed by atoms with Crippen LogP contribution in [0.5, 0.6) is 5.75 Å². The number of rotatable bonds is 3. The van der Waals surface area contributed by atoms with Crippen molar-refractivity contribution in [2.45, 2.75) is 13.8 Å². The van der Waals surface area contributed by atoms with E-state index in [1.54, 1.807) is 6.92 Å². The Morgan fingerprint density at radius 2 is 1.88 bits per heavy atom. The van der Waals surface area contributed by atoms with Gasteiger partial charge in [-0.15, -0.1) is 10.2 Å². The summed E-state index contributed by atoms with van der Waals surface area (Å²) in [5.74, 6) is 1.78. The molecule has 88 valence electrons. The van der Waals surface area contributed by atoms with Crippen molar-refractivity contribution in [3.63, 3.8) is 0 Å². The molecule has 0 aliphatic heterocycles. The number of aromatic nitrogens is 3. The van der Waals surface area contributed by atoms with Crippen LogP contribution in [0.4, 0.5) is 5.82 Å². The smallest absolute Gasteiger partial charge is 0.154 e. The second-order valence-corrected chi connectivity index (χ2v) is 3.55. The van der Waals surface area contributed by atoms with Crippen LogP contribution in [0.1, 0.15) is 12.7 Å². The number of nitrogens with zero attached hydrogens (tertiary/aromatic N) is 3. The van der Waals surface area contributed by atoms with Gasteiger partial charge in [0.05, 0.1) is 6.61 Å². The van der Waals surface area contributed by atoms with Gasteiger partial charge in [0.25, 0.3) is 0 Å². The van der Waals surface area contributed by atoms with E-state index in [0.717, 1.165) is 11.3 Å². The van der Waals surface area contributed by atoms with E-state index in [1.807, 2.05) is 31.2 Å². The van der Waals surface area contributed by atoms with Gasteiger partial charge in [0.15, 0.2) is 5.82 Å². The molecule has 5 nitrogen and oxygen atoms in total. The molecule has 0 bridgehead atoms. The second kappa shape index (κ2) is 4.78. The molecule has 0 amide bonds. The van der Waals surface area contributed by atoms with Gasteiger partial charge >= 0.3 is 0 Å². The van der Waals surface area contributed by atoms with Crippen LogP contribution in [0.15, 0.2) is 24.3 Å². The molecule has 17 heavy (non-hydrogen) atoms. The van der Waals surface area contributed by atoms with Crippen LogP contribution in [0.3, 0.4) is 0 Å². The van der Waals surface area contributed by atoms with Gasteiger partial charge in [-0.2, -0.15) is 0 Å². The molecule has 2 N–H and O–H groups in total. The Hall–Kier alpha value is -2.17. The average molecular weight is 230 g/mol. The van der Waals surface area contributed by atoms with E-state index in [2.05, 4.69) is 15.2 Å². The predicted molar refractivity (Wildman–Crippen MR) is 65.6 cm³/mol. The molecule has 0 saturated carbocycles. The minimum absolute atomic E-state index is 0.390. The summed E-state index contributed by atoms with van der Waals surface area (Å²) in [7, 11) is 0. The third-order valence-corrected chi connectivity index (χ3v) is 2.26. The highest BCUT2D eigenvalue weighted by molar-refractivity contribution is 5.69. The highest BCUT2D eigenvalue weighted by Gasteiger charge is 2.07. The van der Waals surface area contributed by atoms with E-state index in [-0.39, 0.29) is 0 Å². The van der Waals surface area contributed by atoms with Crippen LogP contribution >= 0.6 is 0 Å². The van der Waals surface area contributed by atoms with E-state index >= 15 is 0 Å². The number of ether oxygens (including phenoxy) is 1. The largest absolute Gasteiger partial charge is 0.494 e. The highest BCUT2D eigenvalue weighted by Crippen LogP contribution is 2.23. The number of aryl methyl sites for hydroxylation is 1. The Labute approximate surface area is 99.7 Å². The molecule has 0 saturated heterocycles. The van der Waals surface area contributed by atoms with Gasteiger partial charge in [-0.1, -0.05) is 0 Å². The second-order valence-electron chi connectivity index (χ2n) is 3.55. The maximum atomic E-state index is 5.81. The monoisotopic (exact) mass is 230 g/mol. The van der Waals surface area contributed by atoms with Crippen molar-refractivity contribution >= 4 is 5.82 Å². The number of hydrogen-bond donors (Lipinski definition) is 1. The van der Waals surface area contributed by atoms with Gasteiger partial charge in [-0.3, -0.25) is 0 Å². The predicted octanol–water partition coefficient (Wildman–Crippen LogP) is 1.83. The van der Waals surface area contributed by atoms with Gasteiger partial charge in [-0.05, 0) is 38.1 Å². The zero-order valence-electron chi connectivity index (χ0n) is 9.84. The van der Waals surface area contributed by atoms with Crippen LogP contribution in [0.2, 0.25) is 0 Å². The molecule has 0 unspecified atom stereocenters. The molecule has 0 spiro atoms. The van der Waals surface area contributed by atoms with Crippen LogP contribution < -0.4 is 10.5 Å². The Bertz CT molecular complexity index is 510. The maximum Gasteiger partial charge on any atom is 0.154 e. The van der Waals surface area contributed by atoms with Crippen molar-refractivity contribution in [2.75, 3.05) is 12.3 Å². The van der Waals surface area contributed by atoms with Crippen LogP contribution in [-0.2, 0) is 0 Å². The van der Waals surface area contributed by atoms with Crippen LogP contribution in [-0.4, -0.2) is 21.8 Å². The van der Waals surface area contributed by atoms with E-state index < -0.39 is 0 Å². The summed E-state index contributed by atoms with van der Waals surface area (Å²) < 4.78 is 5.36. The number of nitrogen functional groups attached to an aromatic ring is 1. The summed E-state index contributed by atoms with van der Waals surface area (Å²) in [5.41, 5.74) is 7.28. The van der Waals surface area contributed by atoms with Gasteiger partial charge in [0.2, 0.25) is 0 Å². The van der Waals surface area contributed by atoms with E-state index in [1.165, 1.54) is 0 Å². The molecule has 1 heterocycles. The molecule has 0 atom stereocenters. The zero-order valence-corrected chi connectivity index (χ0v) is 9.84. The first kappa shape index (κ1) is 11.3. The van der Waals surface area contributed by atoms with Crippen molar-refractivity contribution in [2.24, 2.45) is 0 Å². The zero-order chi connectivity index (χ0) is 12.3. The van der Waals surface area contributed by atoms with Gasteiger partial charge in [0, 0.05) is 5.56 Å². The SMILES string of the molecule is CCOc1ccc(-c2nnc(C)nc2N)cc1. The number of anilines is 1. The summed E-state index contributed by atoms with van der Waals surface area (Å²) in [6.07, 6.45) is 0. The highest BCUT2D eigenvalue weighted by atomic mass is 16.5. The minimum Gasteiger partial charge on any atom is -0.494 e. The standard InChI is InChI=1S/C12H14N4O/c1-3-17-10-6-4-9(5-7-10)11-12(13)14-8(2)15-16-11/h4-7H,3H2,1-2H3,(H2,13,14,15). The number of benzene rings is 1. The van der Waals surface area contributed by atoms with Crippen molar-refractivity contribution in [1.29, 1.82) is 0 Å². The summed E-state index contributed by atoms with van der Waals surface area (Å²) in [5, 5.41) is 7.95. The number of hydrogen-bond acceptors (Lipinski definition) is 5. The third-order valence-electron chi connectivity index (χ3n) is 2.26. The lowest BCUT2D eigenvalue weighted by molar-refractivity contribution is 0.340. The fourth-order valence-corrected chi connectivity index (χ4v) is 1.50. The molecular formula is C12H14N4O. The van der Waals surface area contributed by atoms with Gasteiger partial charge in [-0.25, -0.2) is 4.98 Å². The first-order chi connectivity index (χ1) is 8.20. The molecule has 5 heteroatoms. The summed E-state index contributed by atoms with van der Waals surface area (Å²) in [6, 6.07) is 7.53. The normalized spacial score (nSPS) is 10.2. The first-order valence-corrected chi connectivity index (χ1v) is 5.40. The average Bonchev–Trinajstić information content (AvgIpc) is 2.31. The lowest BCUT2D eigenvalue weighted by atomic mass is 10.1. The van der Waals surface area contributed by atoms with Crippen LogP contribution in [0, 0.1) is 6.92 Å². The molecule has 0 aliphatic carbocycles. The molecule has 1 aromatic carbocycles. The van der Waals surface area contributed by atoms with Crippen molar-refractivity contribution in [3.05, 3.63) is 30.1 Å². The van der Waals surface area contributed by atoms with Gasteiger partial charge < -0.3 is 10.5 Å². The Morgan fingerprint density at radius 1 is 1.18 bits per heavy atom. The Morgan fingerprint density at radius 3 is 2.47 bits per heavy atom. The topological polar surface area (TPSA) is 73.9 Å². The maximum absolute atomic E-state index is 5.81. The van der Waals surface area contributed by atoms with Crippen LogP contribution in [0.25, 0.3) is 11.3 Å². The van der Waals surface area contributed by atoms with E-state index in [4.69, 9.17) is 10.5 Å². The molecule has 0 fully saturated rings. The third kappa shape index (κ3) is 2.50. The Kier molecular flexibility index (Phi) is 3.18. The fraction of sp³-hybridized carbons (Fsp3) is 0.250. The molecule has 2 rings (SSSR count). The summed E-state index contributed by atoms with van der Waals surface area (Å²) >= 11 is 0. The molecular weight excluding hydrogens is 216 g/mol. The number of nitrogens with two attached hydrogens (primary N) is 1. The molecule has 0 aliphatic rings. The van der Waals surface area contributed by atoms with E-state index in [0.29, 0.717) is 23.9 Å². The van der Waals surface area contributed by atoms with Crippen molar-refractivity contribution in [3.8, 4) is 17.0 Å². The van der Waals surface area contributed by atoms with E-state index in [9.17, 15) is 0 Å². The molecule has 0 radical (unpaired) electrons. The van der Waals surface area contributed by atoms with Crippen molar-refractivity contribution in [1.82, 2.24) is 15.2 Å². The molecule has 1 aromatic heterocycles. The minimum atomic E-state index is 0.390. The fourth-order valence-electron chi connectivity index (χ4n) is 1.50. The first-order valence-electron chi connectivity index (χ1n) is 5.40. The summed E-state index contributed by atoms with van der Waals surface area (Å²) in [6.45, 7) is 4.35. The molecule has 2 aromatic rings. The van der Waals surface area contributed by atoms with Gasteiger partial charge in [0.1, 0.15) is 17.3 Å². The Balaban J connectivity index is 2.33.